The molecule has 1 fully saturated rings. The second kappa shape index (κ2) is 6.62. The summed E-state index contributed by atoms with van der Waals surface area (Å²) in [5.41, 5.74) is 2.86. The molecule has 1 aliphatic rings. The molecule has 1 amide bonds. The van der Waals surface area contributed by atoms with E-state index in [0.29, 0.717) is 13.1 Å². The number of hydrogen-bond acceptors (Lipinski definition) is 5. The van der Waals surface area contributed by atoms with E-state index in [-0.39, 0.29) is 6.04 Å². The lowest BCUT2D eigenvalue weighted by Gasteiger charge is -2.30. The van der Waals surface area contributed by atoms with Crippen molar-refractivity contribution in [3.05, 3.63) is 42.4 Å². The van der Waals surface area contributed by atoms with Gasteiger partial charge in [-0.15, -0.1) is 0 Å². The molecule has 134 valence electrons. The number of carbonyl (C=O) groups is 1. The molecule has 26 heavy (non-hydrogen) atoms. The van der Waals surface area contributed by atoms with E-state index in [1.165, 1.54) is 11.2 Å². The Morgan fingerprint density at radius 2 is 2.08 bits per heavy atom. The van der Waals surface area contributed by atoms with E-state index in [9.17, 15) is 4.79 Å². The minimum atomic E-state index is -0.854. The molecule has 0 bridgehead atoms. The van der Waals surface area contributed by atoms with Crippen molar-refractivity contribution in [3.63, 3.8) is 0 Å². The molecule has 3 heterocycles. The number of anilines is 1. The van der Waals surface area contributed by atoms with Gasteiger partial charge in [-0.1, -0.05) is 12.1 Å². The SMILES string of the molecule is Cc1cccc(-n2ncc3c(NC4CCN(C(=O)O)CC4)ncnc32)c1. The van der Waals surface area contributed by atoms with Gasteiger partial charge >= 0.3 is 6.09 Å². The molecule has 0 spiro atoms. The van der Waals surface area contributed by atoms with Crippen LogP contribution in [0.2, 0.25) is 0 Å². The molecule has 1 aliphatic heterocycles. The highest BCUT2D eigenvalue weighted by molar-refractivity contribution is 5.87. The number of nitrogens with one attached hydrogen (secondary N) is 1. The number of nitrogens with zero attached hydrogens (tertiary/aromatic N) is 5. The van der Waals surface area contributed by atoms with E-state index in [1.54, 1.807) is 6.20 Å². The summed E-state index contributed by atoms with van der Waals surface area (Å²) in [5.74, 6) is 0.739. The molecule has 0 atom stereocenters. The first-order valence-electron chi connectivity index (χ1n) is 8.62. The van der Waals surface area contributed by atoms with Gasteiger partial charge in [-0.05, 0) is 37.5 Å². The van der Waals surface area contributed by atoms with Gasteiger partial charge in [0.15, 0.2) is 5.65 Å². The molecule has 1 aromatic carbocycles. The third-order valence-electron chi connectivity index (χ3n) is 4.72. The minimum absolute atomic E-state index is 0.186. The smallest absolute Gasteiger partial charge is 0.407 e. The van der Waals surface area contributed by atoms with Crippen molar-refractivity contribution in [2.24, 2.45) is 0 Å². The molecule has 2 N–H and O–H groups in total. The monoisotopic (exact) mass is 352 g/mol. The Morgan fingerprint density at radius 1 is 1.27 bits per heavy atom. The molecular formula is C18H20N6O2. The van der Waals surface area contributed by atoms with Crippen LogP contribution in [0.4, 0.5) is 10.6 Å². The Bertz CT molecular complexity index is 946. The first-order valence-corrected chi connectivity index (χ1v) is 8.62. The molecule has 3 aromatic rings. The van der Waals surface area contributed by atoms with Crippen molar-refractivity contribution >= 4 is 22.9 Å². The number of benzene rings is 1. The molecule has 4 rings (SSSR count). The molecule has 0 saturated carbocycles. The summed E-state index contributed by atoms with van der Waals surface area (Å²) in [6.45, 7) is 3.11. The summed E-state index contributed by atoms with van der Waals surface area (Å²) < 4.78 is 1.81. The van der Waals surface area contributed by atoms with Gasteiger partial charge in [0.1, 0.15) is 12.1 Å². The van der Waals surface area contributed by atoms with Gasteiger partial charge in [-0.3, -0.25) is 0 Å². The Balaban J connectivity index is 1.59. The summed E-state index contributed by atoms with van der Waals surface area (Å²) in [4.78, 5) is 21.3. The zero-order valence-electron chi connectivity index (χ0n) is 14.5. The maximum atomic E-state index is 11.0. The lowest BCUT2D eigenvalue weighted by atomic mass is 10.1. The predicted molar refractivity (Wildman–Crippen MR) is 97.6 cm³/mol. The number of carboxylic acid groups (broad SMARTS) is 1. The van der Waals surface area contributed by atoms with E-state index < -0.39 is 6.09 Å². The van der Waals surface area contributed by atoms with Gasteiger partial charge < -0.3 is 15.3 Å². The Labute approximate surface area is 150 Å². The Morgan fingerprint density at radius 3 is 2.81 bits per heavy atom. The van der Waals surface area contributed by atoms with E-state index in [1.807, 2.05) is 29.8 Å². The first kappa shape index (κ1) is 16.3. The quantitative estimate of drug-likeness (QED) is 0.752. The summed E-state index contributed by atoms with van der Waals surface area (Å²) in [7, 11) is 0. The second-order valence-corrected chi connectivity index (χ2v) is 6.54. The Hall–Kier alpha value is -3.16. The maximum absolute atomic E-state index is 11.0. The largest absolute Gasteiger partial charge is 0.465 e. The highest BCUT2D eigenvalue weighted by Gasteiger charge is 2.23. The highest BCUT2D eigenvalue weighted by Crippen LogP contribution is 2.24. The van der Waals surface area contributed by atoms with Crippen LogP contribution in [0.5, 0.6) is 0 Å². The second-order valence-electron chi connectivity index (χ2n) is 6.54. The van der Waals surface area contributed by atoms with E-state index in [4.69, 9.17) is 5.11 Å². The summed E-state index contributed by atoms with van der Waals surface area (Å²) in [6.07, 6.45) is 3.96. The molecule has 0 unspecified atom stereocenters. The maximum Gasteiger partial charge on any atom is 0.407 e. The van der Waals surface area contributed by atoms with Crippen molar-refractivity contribution in [2.75, 3.05) is 18.4 Å². The van der Waals surface area contributed by atoms with Crippen LogP contribution in [0, 0.1) is 6.92 Å². The van der Waals surface area contributed by atoms with Crippen LogP contribution in [-0.4, -0.2) is 55.0 Å². The summed E-state index contributed by atoms with van der Waals surface area (Å²) in [5, 5.41) is 17.8. The van der Waals surface area contributed by atoms with Crippen molar-refractivity contribution < 1.29 is 9.90 Å². The van der Waals surface area contributed by atoms with Crippen molar-refractivity contribution in [2.45, 2.75) is 25.8 Å². The average Bonchev–Trinajstić information content (AvgIpc) is 3.07. The van der Waals surface area contributed by atoms with E-state index in [2.05, 4.69) is 26.4 Å². The first-order chi connectivity index (χ1) is 12.6. The minimum Gasteiger partial charge on any atom is -0.465 e. The number of amides is 1. The number of rotatable bonds is 3. The van der Waals surface area contributed by atoms with Gasteiger partial charge in [-0.2, -0.15) is 5.10 Å². The van der Waals surface area contributed by atoms with Gasteiger partial charge in [-0.25, -0.2) is 19.4 Å². The number of aryl methyl sites for hydroxylation is 1. The van der Waals surface area contributed by atoms with Gasteiger partial charge in [0, 0.05) is 19.1 Å². The van der Waals surface area contributed by atoms with E-state index in [0.717, 1.165) is 40.9 Å². The Kier molecular flexibility index (Phi) is 4.16. The predicted octanol–water partition coefficient (Wildman–Crippen LogP) is 2.68. The fraction of sp³-hybridized carbons (Fsp3) is 0.333. The van der Waals surface area contributed by atoms with Crippen LogP contribution in [0.15, 0.2) is 36.8 Å². The van der Waals surface area contributed by atoms with Crippen molar-refractivity contribution in [1.29, 1.82) is 0 Å². The lowest BCUT2D eigenvalue weighted by molar-refractivity contribution is 0.134. The third-order valence-corrected chi connectivity index (χ3v) is 4.72. The topological polar surface area (TPSA) is 96.2 Å². The fourth-order valence-electron chi connectivity index (χ4n) is 3.32. The van der Waals surface area contributed by atoms with Crippen LogP contribution >= 0.6 is 0 Å². The van der Waals surface area contributed by atoms with Gasteiger partial charge in [0.25, 0.3) is 0 Å². The van der Waals surface area contributed by atoms with Gasteiger partial charge in [0.2, 0.25) is 0 Å². The molecule has 1 saturated heterocycles. The lowest BCUT2D eigenvalue weighted by Crippen LogP contribution is -2.41. The zero-order valence-corrected chi connectivity index (χ0v) is 14.5. The standard InChI is InChI=1S/C18H20N6O2/c1-12-3-2-4-14(9-12)24-17-15(10-21-24)16(19-11-20-17)22-13-5-7-23(8-6-13)18(25)26/h2-4,9-11,13H,5-8H2,1H3,(H,25,26)(H,19,20,22). The molecule has 2 aromatic heterocycles. The van der Waals surface area contributed by atoms with Crippen LogP contribution < -0.4 is 5.32 Å². The number of fused-ring (bicyclic) bond motifs is 1. The number of aromatic nitrogens is 4. The number of hydrogen-bond donors (Lipinski definition) is 2. The van der Waals surface area contributed by atoms with Crippen LogP contribution in [0.3, 0.4) is 0 Å². The number of piperidine rings is 1. The third kappa shape index (κ3) is 3.05. The van der Waals surface area contributed by atoms with Gasteiger partial charge in [0.05, 0.1) is 17.3 Å². The van der Waals surface area contributed by atoms with Crippen LogP contribution in [0.25, 0.3) is 16.7 Å². The fourth-order valence-corrected chi connectivity index (χ4v) is 3.32. The van der Waals surface area contributed by atoms with Crippen molar-refractivity contribution in [3.8, 4) is 5.69 Å². The molecule has 8 heteroatoms. The molecule has 8 nitrogen and oxygen atoms in total. The molecular weight excluding hydrogens is 332 g/mol. The van der Waals surface area contributed by atoms with Crippen LogP contribution in [0.1, 0.15) is 18.4 Å². The van der Waals surface area contributed by atoms with Crippen LogP contribution in [-0.2, 0) is 0 Å². The average molecular weight is 352 g/mol. The van der Waals surface area contributed by atoms with Crippen molar-refractivity contribution in [1.82, 2.24) is 24.6 Å². The molecule has 0 aliphatic carbocycles. The number of likely N-dealkylation sites (tertiary alicyclic amines) is 1. The normalized spacial score (nSPS) is 15.3. The van der Waals surface area contributed by atoms with E-state index >= 15 is 0 Å². The summed E-state index contributed by atoms with van der Waals surface area (Å²) in [6, 6.07) is 8.28. The highest BCUT2D eigenvalue weighted by atomic mass is 16.4. The summed E-state index contributed by atoms with van der Waals surface area (Å²) >= 11 is 0. The zero-order chi connectivity index (χ0) is 18.1. The molecule has 0 radical (unpaired) electrons.